The average Bonchev–Trinajstić information content (AvgIpc) is 2.49. The fourth-order valence-electron chi connectivity index (χ4n) is 3.22. The lowest BCUT2D eigenvalue weighted by Crippen LogP contribution is -2.30. The van der Waals surface area contributed by atoms with Crippen molar-refractivity contribution in [3.05, 3.63) is 35.4 Å². The minimum absolute atomic E-state index is 0.573. The number of rotatable bonds is 2. The van der Waals surface area contributed by atoms with Gasteiger partial charge in [0, 0.05) is 24.1 Å². The molecule has 0 aromatic heterocycles. The van der Waals surface area contributed by atoms with Crippen LogP contribution >= 0.6 is 11.8 Å². The molecule has 1 aliphatic carbocycles. The van der Waals surface area contributed by atoms with Gasteiger partial charge in [-0.3, -0.25) is 0 Å². The molecule has 2 aliphatic rings. The molecular formula is C16H23NS. The van der Waals surface area contributed by atoms with Crippen LogP contribution in [0.4, 0.5) is 0 Å². The molecule has 0 spiro atoms. The summed E-state index contributed by atoms with van der Waals surface area (Å²) in [4.78, 5) is 0. The quantitative estimate of drug-likeness (QED) is 0.860. The topological polar surface area (TPSA) is 12.0 Å². The van der Waals surface area contributed by atoms with Crippen LogP contribution < -0.4 is 5.32 Å². The van der Waals surface area contributed by atoms with Crippen LogP contribution in [-0.4, -0.2) is 18.1 Å². The summed E-state index contributed by atoms with van der Waals surface area (Å²) in [5, 5.41) is 3.61. The zero-order valence-electron chi connectivity index (χ0n) is 11.0. The summed E-state index contributed by atoms with van der Waals surface area (Å²) in [6, 6.07) is 10.0. The standard InChI is InChI=1S/C16H23NS/c1-2-4-13(5-3-1)14-6-8-15(9-7-14)16-12-18-11-10-17-16/h6-9,13,16-17H,1-5,10-12H2. The Hall–Kier alpha value is -0.470. The van der Waals surface area contributed by atoms with Gasteiger partial charge in [-0.2, -0.15) is 11.8 Å². The first-order valence-corrected chi connectivity index (χ1v) is 8.50. The van der Waals surface area contributed by atoms with Crippen LogP contribution in [0.5, 0.6) is 0 Å². The maximum absolute atomic E-state index is 3.61. The Morgan fingerprint density at radius 1 is 0.944 bits per heavy atom. The van der Waals surface area contributed by atoms with Crippen LogP contribution in [0.1, 0.15) is 55.2 Å². The third-order valence-corrected chi connectivity index (χ3v) is 5.40. The number of thioether (sulfide) groups is 1. The summed E-state index contributed by atoms with van der Waals surface area (Å²) in [5.41, 5.74) is 3.05. The Bertz CT molecular complexity index is 324. The molecule has 98 valence electrons. The number of hydrogen-bond acceptors (Lipinski definition) is 2. The van der Waals surface area contributed by atoms with Crippen LogP contribution in [0.15, 0.2) is 24.3 Å². The molecule has 1 nitrogen and oxygen atoms in total. The molecule has 0 radical (unpaired) electrons. The van der Waals surface area contributed by atoms with Crippen molar-refractivity contribution in [2.24, 2.45) is 0 Å². The summed E-state index contributed by atoms with van der Waals surface area (Å²) < 4.78 is 0. The third kappa shape index (κ3) is 2.92. The van der Waals surface area contributed by atoms with Crippen LogP contribution in [-0.2, 0) is 0 Å². The summed E-state index contributed by atoms with van der Waals surface area (Å²) in [5.74, 6) is 3.32. The van der Waals surface area contributed by atoms with Gasteiger partial charge in [0.25, 0.3) is 0 Å². The van der Waals surface area contributed by atoms with Gasteiger partial charge in [-0.1, -0.05) is 43.5 Å². The second-order valence-electron chi connectivity index (χ2n) is 5.58. The van der Waals surface area contributed by atoms with Gasteiger partial charge in [-0.05, 0) is 29.9 Å². The van der Waals surface area contributed by atoms with Gasteiger partial charge >= 0.3 is 0 Å². The van der Waals surface area contributed by atoms with Crippen molar-refractivity contribution < 1.29 is 0 Å². The van der Waals surface area contributed by atoms with E-state index in [1.54, 1.807) is 5.56 Å². The molecule has 1 unspecified atom stereocenters. The van der Waals surface area contributed by atoms with E-state index in [1.807, 2.05) is 0 Å². The van der Waals surface area contributed by atoms with Gasteiger partial charge < -0.3 is 5.32 Å². The molecule has 1 heterocycles. The first-order chi connectivity index (χ1) is 8.93. The summed E-state index contributed by atoms with van der Waals surface area (Å²) >= 11 is 2.07. The molecule has 0 amide bonds. The van der Waals surface area contributed by atoms with Crippen LogP contribution in [0, 0.1) is 0 Å². The van der Waals surface area contributed by atoms with Crippen molar-refractivity contribution in [2.75, 3.05) is 18.1 Å². The molecule has 1 saturated carbocycles. The van der Waals surface area contributed by atoms with Crippen molar-refractivity contribution >= 4 is 11.8 Å². The van der Waals surface area contributed by atoms with Crippen molar-refractivity contribution in [1.29, 1.82) is 0 Å². The first kappa shape index (κ1) is 12.6. The Kier molecular flexibility index (Phi) is 4.27. The number of hydrogen-bond donors (Lipinski definition) is 1. The van der Waals surface area contributed by atoms with Crippen LogP contribution in [0.25, 0.3) is 0 Å². The lowest BCUT2D eigenvalue weighted by molar-refractivity contribution is 0.443. The van der Waals surface area contributed by atoms with E-state index in [0.29, 0.717) is 6.04 Å². The smallest absolute Gasteiger partial charge is 0.0412 e. The summed E-state index contributed by atoms with van der Waals surface area (Å²) in [7, 11) is 0. The zero-order valence-corrected chi connectivity index (χ0v) is 11.8. The lowest BCUT2D eigenvalue weighted by Gasteiger charge is -2.25. The Balaban J connectivity index is 1.67. The van der Waals surface area contributed by atoms with Crippen LogP contribution in [0.3, 0.4) is 0 Å². The molecule has 18 heavy (non-hydrogen) atoms. The second kappa shape index (κ2) is 6.12. The molecule has 1 aromatic carbocycles. The van der Waals surface area contributed by atoms with Crippen molar-refractivity contribution in [3.63, 3.8) is 0 Å². The predicted molar refractivity (Wildman–Crippen MR) is 80.3 cm³/mol. The highest BCUT2D eigenvalue weighted by atomic mass is 32.2. The van der Waals surface area contributed by atoms with E-state index >= 15 is 0 Å². The maximum atomic E-state index is 3.61. The van der Waals surface area contributed by atoms with E-state index in [0.717, 1.165) is 12.5 Å². The fraction of sp³-hybridized carbons (Fsp3) is 0.625. The SMILES string of the molecule is c1cc(C2CSCCN2)ccc1C1CCCCC1. The molecule has 1 N–H and O–H groups in total. The van der Waals surface area contributed by atoms with E-state index in [2.05, 4.69) is 41.3 Å². The van der Waals surface area contributed by atoms with Crippen molar-refractivity contribution in [3.8, 4) is 0 Å². The van der Waals surface area contributed by atoms with E-state index < -0.39 is 0 Å². The molecule has 1 aromatic rings. The van der Waals surface area contributed by atoms with Crippen molar-refractivity contribution in [2.45, 2.75) is 44.1 Å². The van der Waals surface area contributed by atoms with Gasteiger partial charge in [0.1, 0.15) is 0 Å². The maximum Gasteiger partial charge on any atom is 0.0412 e. The van der Waals surface area contributed by atoms with E-state index in [4.69, 9.17) is 0 Å². The minimum Gasteiger partial charge on any atom is -0.308 e. The highest BCUT2D eigenvalue weighted by Gasteiger charge is 2.17. The zero-order chi connectivity index (χ0) is 12.2. The highest BCUT2D eigenvalue weighted by molar-refractivity contribution is 7.99. The molecular weight excluding hydrogens is 238 g/mol. The highest BCUT2D eigenvalue weighted by Crippen LogP contribution is 2.33. The first-order valence-electron chi connectivity index (χ1n) is 7.34. The van der Waals surface area contributed by atoms with Gasteiger partial charge in [-0.15, -0.1) is 0 Å². The van der Waals surface area contributed by atoms with Gasteiger partial charge in [-0.25, -0.2) is 0 Å². The van der Waals surface area contributed by atoms with Gasteiger partial charge in [0.15, 0.2) is 0 Å². The van der Waals surface area contributed by atoms with E-state index in [-0.39, 0.29) is 0 Å². The average molecular weight is 261 g/mol. The largest absolute Gasteiger partial charge is 0.308 e. The molecule has 1 saturated heterocycles. The number of nitrogens with one attached hydrogen (secondary N) is 1. The normalized spacial score (nSPS) is 26.1. The summed E-state index contributed by atoms with van der Waals surface area (Å²) in [6.07, 6.45) is 7.09. The molecule has 2 heteroatoms. The van der Waals surface area contributed by atoms with Crippen LogP contribution in [0.2, 0.25) is 0 Å². The fourth-order valence-corrected chi connectivity index (χ4v) is 4.19. The van der Waals surface area contributed by atoms with E-state index in [1.165, 1.54) is 49.2 Å². The third-order valence-electron chi connectivity index (χ3n) is 4.34. The molecule has 1 atom stereocenters. The Morgan fingerprint density at radius 2 is 1.67 bits per heavy atom. The Morgan fingerprint density at radius 3 is 2.33 bits per heavy atom. The predicted octanol–water partition coefficient (Wildman–Crippen LogP) is 4.11. The lowest BCUT2D eigenvalue weighted by atomic mass is 9.84. The molecule has 0 bridgehead atoms. The molecule has 1 aliphatic heterocycles. The molecule has 3 rings (SSSR count). The molecule has 2 fully saturated rings. The summed E-state index contributed by atoms with van der Waals surface area (Å²) in [6.45, 7) is 1.15. The second-order valence-corrected chi connectivity index (χ2v) is 6.73. The number of benzene rings is 1. The monoisotopic (exact) mass is 261 g/mol. The van der Waals surface area contributed by atoms with Gasteiger partial charge in [0.05, 0.1) is 0 Å². The Labute approximate surface area is 115 Å². The van der Waals surface area contributed by atoms with Gasteiger partial charge in [0.2, 0.25) is 0 Å². The minimum atomic E-state index is 0.573. The van der Waals surface area contributed by atoms with Crippen molar-refractivity contribution in [1.82, 2.24) is 5.32 Å². The van der Waals surface area contributed by atoms with E-state index in [9.17, 15) is 0 Å².